The van der Waals surface area contributed by atoms with Crippen molar-refractivity contribution in [1.82, 2.24) is 0 Å². The van der Waals surface area contributed by atoms with Gasteiger partial charge in [0.15, 0.2) is 0 Å². The molecule has 6 rings (SSSR count). The van der Waals surface area contributed by atoms with Gasteiger partial charge >= 0.3 is 0 Å². The predicted octanol–water partition coefficient (Wildman–Crippen LogP) is 2.74. The highest BCUT2D eigenvalue weighted by atomic mass is 16.6. The van der Waals surface area contributed by atoms with Crippen molar-refractivity contribution in [2.75, 3.05) is 75.6 Å². The zero-order valence-electron chi connectivity index (χ0n) is 20.1. The summed E-state index contributed by atoms with van der Waals surface area (Å²) < 4.78 is 33.5. The molecule has 0 saturated carbocycles. The second-order valence-corrected chi connectivity index (χ2v) is 9.67. The molecule has 4 atom stereocenters. The lowest BCUT2D eigenvalue weighted by molar-refractivity contribution is 0.247. The summed E-state index contributed by atoms with van der Waals surface area (Å²) in [7, 11) is 0. The molecule has 4 saturated heterocycles. The second kappa shape index (κ2) is 10.6. The Kier molecular flexibility index (Phi) is 6.95. The molecule has 8 heteroatoms. The molecule has 0 spiro atoms. The summed E-state index contributed by atoms with van der Waals surface area (Å²) in [6, 6.07) is 16.6. The van der Waals surface area contributed by atoms with Crippen molar-refractivity contribution in [2.24, 2.45) is 0 Å². The molecule has 0 bridgehead atoms. The fourth-order valence-corrected chi connectivity index (χ4v) is 4.19. The molecule has 0 amide bonds. The van der Waals surface area contributed by atoms with Gasteiger partial charge in [0.1, 0.15) is 11.5 Å². The summed E-state index contributed by atoms with van der Waals surface area (Å²) in [5.74, 6) is 1.76. The molecule has 0 aromatic heterocycles. The summed E-state index contributed by atoms with van der Waals surface area (Å²) in [5, 5.41) is 0. The van der Waals surface area contributed by atoms with Crippen LogP contribution in [0.4, 0.5) is 11.4 Å². The molecule has 4 fully saturated rings. The van der Waals surface area contributed by atoms with Crippen molar-refractivity contribution in [3.8, 4) is 11.5 Å². The van der Waals surface area contributed by atoms with Gasteiger partial charge in [0.05, 0.1) is 64.1 Å². The Morgan fingerprint density at radius 2 is 0.857 bits per heavy atom. The minimum Gasteiger partial charge on any atom is -0.493 e. The van der Waals surface area contributed by atoms with Gasteiger partial charge in [-0.3, -0.25) is 0 Å². The number of ether oxygens (including phenoxy) is 6. The van der Waals surface area contributed by atoms with Crippen molar-refractivity contribution in [3.63, 3.8) is 0 Å². The normalized spacial score (nSPS) is 25.6. The zero-order chi connectivity index (χ0) is 23.5. The van der Waals surface area contributed by atoms with Gasteiger partial charge in [0.25, 0.3) is 0 Å². The highest BCUT2D eigenvalue weighted by molar-refractivity contribution is 5.50. The maximum atomic E-state index is 5.92. The first-order valence-corrected chi connectivity index (χ1v) is 12.7. The van der Waals surface area contributed by atoms with Gasteiger partial charge in [0, 0.05) is 44.0 Å². The maximum Gasteiger partial charge on any atom is 0.119 e. The molecule has 4 heterocycles. The lowest BCUT2D eigenvalue weighted by Gasteiger charge is -2.23. The number of benzene rings is 2. The quantitative estimate of drug-likeness (QED) is 0.267. The Morgan fingerprint density at radius 1 is 0.543 bits per heavy atom. The van der Waals surface area contributed by atoms with Gasteiger partial charge in [-0.1, -0.05) is 0 Å². The van der Waals surface area contributed by atoms with E-state index in [0.29, 0.717) is 37.6 Å². The Morgan fingerprint density at radius 3 is 1.14 bits per heavy atom. The third-order valence-corrected chi connectivity index (χ3v) is 6.54. The smallest absolute Gasteiger partial charge is 0.119 e. The van der Waals surface area contributed by atoms with Crippen LogP contribution in [0.1, 0.15) is 6.42 Å². The number of epoxide rings is 4. The molecule has 0 aliphatic carbocycles. The van der Waals surface area contributed by atoms with E-state index in [2.05, 4.69) is 34.1 Å². The standard InChI is InChI=1S/C27H34N2O6/c1(10-30-22-6-2-20(3-7-22)28(12-24-16-32-24)13-25-17-33-25)11-31-23-8-4-21(5-9-23)29(14-26-18-34-26)15-27-19-35-27/h2-9,24-27H,1,10-19H2. The topological polar surface area (TPSA) is 75.1 Å². The lowest BCUT2D eigenvalue weighted by atomic mass is 10.2. The van der Waals surface area contributed by atoms with Crippen LogP contribution in [-0.4, -0.2) is 90.2 Å². The van der Waals surface area contributed by atoms with Crippen LogP contribution < -0.4 is 19.3 Å². The summed E-state index contributed by atoms with van der Waals surface area (Å²) >= 11 is 0. The molecule has 4 aliphatic rings. The molecule has 188 valence electrons. The highest BCUT2D eigenvalue weighted by Gasteiger charge is 2.32. The number of rotatable bonds is 16. The Labute approximate surface area is 206 Å². The van der Waals surface area contributed by atoms with Gasteiger partial charge in [-0.25, -0.2) is 0 Å². The van der Waals surface area contributed by atoms with Gasteiger partial charge in [0.2, 0.25) is 0 Å². The van der Waals surface area contributed by atoms with E-state index < -0.39 is 0 Å². The molecule has 4 unspecified atom stereocenters. The van der Waals surface area contributed by atoms with E-state index in [0.717, 1.165) is 70.5 Å². The average molecular weight is 483 g/mol. The monoisotopic (exact) mass is 482 g/mol. The first-order chi connectivity index (χ1) is 17.3. The third kappa shape index (κ3) is 7.24. The molecular weight excluding hydrogens is 448 g/mol. The van der Waals surface area contributed by atoms with E-state index >= 15 is 0 Å². The van der Waals surface area contributed by atoms with Gasteiger partial charge in [-0.2, -0.15) is 0 Å². The number of anilines is 2. The minimum absolute atomic E-state index is 0.356. The first-order valence-electron chi connectivity index (χ1n) is 12.7. The van der Waals surface area contributed by atoms with Crippen molar-refractivity contribution in [3.05, 3.63) is 48.5 Å². The van der Waals surface area contributed by atoms with Crippen LogP contribution in [0, 0.1) is 0 Å². The van der Waals surface area contributed by atoms with Crippen LogP contribution in [-0.2, 0) is 18.9 Å². The van der Waals surface area contributed by atoms with Crippen LogP contribution in [0.3, 0.4) is 0 Å². The van der Waals surface area contributed by atoms with Crippen molar-refractivity contribution < 1.29 is 28.4 Å². The van der Waals surface area contributed by atoms with Crippen LogP contribution in [0.2, 0.25) is 0 Å². The summed E-state index contributed by atoms with van der Waals surface area (Å²) in [5.41, 5.74) is 2.37. The number of hydrogen-bond donors (Lipinski definition) is 0. The third-order valence-electron chi connectivity index (χ3n) is 6.54. The van der Waals surface area contributed by atoms with E-state index in [1.165, 1.54) is 11.4 Å². The summed E-state index contributed by atoms with van der Waals surface area (Å²) in [6.45, 7) is 8.34. The number of hydrogen-bond acceptors (Lipinski definition) is 8. The minimum atomic E-state index is 0.356. The Hall–Kier alpha value is -2.52. The summed E-state index contributed by atoms with van der Waals surface area (Å²) in [6.07, 6.45) is 2.24. The lowest BCUT2D eigenvalue weighted by Crippen LogP contribution is -2.31. The maximum absolute atomic E-state index is 5.92. The van der Waals surface area contributed by atoms with E-state index in [4.69, 9.17) is 28.4 Å². The Balaban J connectivity index is 0.914. The van der Waals surface area contributed by atoms with E-state index in [9.17, 15) is 0 Å². The first kappa shape index (κ1) is 22.9. The van der Waals surface area contributed by atoms with E-state index in [1.54, 1.807) is 0 Å². The van der Waals surface area contributed by atoms with Crippen LogP contribution in [0.15, 0.2) is 48.5 Å². The molecular formula is C27H34N2O6. The fraction of sp³-hybridized carbons (Fsp3) is 0.556. The highest BCUT2D eigenvalue weighted by Crippen LogP contribution is 2.26. The molecule has 0 N–H and O–H groups in total. The molecule has 2 aromatic carbocycles. The van der Waals surface area contributed by atoms with Crippen molar-refractivity contribution in [1.29, 1.82) is 0 Å². The van der Waals surface area contributed by atoms with Gasteiger partial charge < -0.3 is 38.2 Å². The molecule has 35 heavy (non-hydrogen) atoms. The second-order valence-electron chi connectivity index (χ2n) is 9.67. The predicted molar refractivity (Wildman–Crippen MR) is 132 cm³/mol. The largest absolute Gasteiger partial charge is 0.493 e. The van der Waals surface area contributed by atoms with Gasteiger partial charge in [-0.05, 0) is 48.5 Å². The fourth-order valence-electron chi connectivity index (χ4n) is 4.19. The Bertz CT molecular complexity index is 834. The van der Waals surface area contributed by atoms with E-state index in [-0.39, 0.29) is 0 Å². The van der Waals surface area contributed by atoms with Crippen LogP contribution in [0.25, 0.3) is 0 Å². The molecule has 8 nitrogen and oxygen atoms in total. The van der Waals surface area contributed by atoms with Crippen molar-refractivity contribution >= 4 is 11.4 Å². The SMILES string of the molecule is c1cc(N(CC2CO2)CC2CO2)ccc1OCCCOc1ccc(N(CC2CO2)CC2CO2)cc1. The molecule has 0 radical (unpaired) electrons. The average Bonchev–Trinajstić information content (AvgIpc) is 3.70. The number of nitrogens with zero attached hydrogens (tertiary/aromatic N) is 2. The van der Waals surface area contributed by atoms with Crippen molar-refractivity contribution in [2.45, 2.75) is 30.8 Å². The summed E-state index contributed by atoms with van der Waals surface area (Å²) in [4.78, 5) is 4.69. The van der Waals surface area contributed by atoms with Crippen LogP contribution in [0.5, 0.6) is 11.5 Å². The molecule has 4 aliphatic heterocycles. The molecule has 2 aromatic rings. The van der Waals surface area contributed by atoms with Crippen LogP contribution >= 0.6 is 0 Å². The van der Waals surface area contributed by atoms with E-state index in [1.807, 2.05) is 24.3 Å². The van der Waals surface area contributed by atoms with Gasteiger partial charge in [-0.15, -0.1) is 0 Å². The zero-order valence-corrected chi connectivity index (χ0v) is 20.1.